The molecule has 0 aliphatic heterocycles. The summed E-state index contributed by atoms with van der Waals surface area (Å²) in [6.07, 6.45) is 0.736. The Balaban J connectivity index is 2.19. The van der Waals surface area contributed by atoms with Crippen LogP contribution in [0.4, 0.5) is 4.39 Å². The van der Waals surface area contributed by atoms with Crippen molar-refractivity contribution in [3.63, 3.8) is 0 Å². The third-order valence-electron chi connectivity index (χ3n) is 2.76. The van der Waals surface area contributed by atoms with Crippen LogP contribution in [-0.2, 0) is 6.42 Å². The quantitative estimate of drug-likeness (QED) is 0.646. The molecule has 0 radical (unpaired) electrons. The minimum Gasteiger partial charge on any atom is -0.494 e. The maximum absolute atomic E-state index is 13.6. The van der Waals surface area contributed by atoms with Gasteiger partial charge in [-0.2, -0.15) is 0 Å². The Hall–Kier alpha value is -1.43. The smallest absolute Gasteiger partial charge is 0.165 e. The van der Waals surface area contributed by atoms with E-state index < -0.39 is 0 Å². The molecule has 1 atom stereocenters. The van der Waals surface area contributed by atoms with Crippen LogP contribution in [0.3, 0.4) is 0 Å². The van der Waals surface area contributed by atoms with E-state index in [0.717, 1.165) is 12.0 Å². The summed E-state index contributed by atoms with van der Waals surface area (Å²) in [7, 11) is 1.45. The van der Waals surface area contributed by atoms with E-state index in [1.807, 2.05) is 23.6 Å². The predicted octanol–water partition coefficient (Wildman–Crippen LogP) is 2.64. The second-order valence-corrected chi connectivity index (χ2v) is 4.93. The number of hydrogen-bond donors (Lipinski definition) is 2. The molecule has 0 spiro atoms. The molecule has 0 saturated carbocycles. The van der Waals surface area contributed by atoms with Gasteiger partial charge in [0.05, 0.1) is 13.2 Å². The van der Waals surface area contributed by atoms with Gasteiger partial charge >= 0.3 is 0 Å². The molecule has 0 aliphatic carbocycles. The molecule has 2 aromatic rings. The normalized spacial score (nSPS) is 12.4. The van der Waals surface area contributed by atoms with E-state index in [4.69, 9.17) is 10.6 Å². The second-order valence-electron chi connectivity index (χ2n) is 3.90. The molecule has 0 fully saturated rings. The van der Waals surface area contributed by atoms with Gasteiger partial charge in [0.15, 0.2) is 11.6 Å². The maximum Gasteiger partial charge on any atom is 0.165 e. The first-order valence-corrected chi connectivity index (χ1v) is 6.44. The van der Waals surface area contributed by atoms with Crippen molar-refractivity contribution < 1.29 is 9.13 Å². The van der Waals surface area contributed by atoms with E-state index in [9.17, 15) is 4.39 Å². The SMILES string of the molecule is COc1ccc(C(Cc2cccs2)NN)cc1F. The lowest BCUT2D eigenvalue weighted by Gasteiger charge is -2.16. The van der Waals surface area contributed by atoms with E-state index in [1.54, 1.807) is 17.4 Å². The fraction of sp³-hybridized carbons (Fsp3) is 0.231. The Morgan fingerprint density at radius 1 is 1.44 bits per heavy atom. The summed E-state index contributed by atoms with van der Waals surface area (Å²) in [5.74, 6) is 5.41. The topological polar surface area (TPSA) is 47.3 Å². The average molecular weight is 266 g/mol. The molecule has 96 valence electrons. The number of benzene rings is 1. The monoisotopic (exact) mass is 266 g/mol. The van der Waals surface area contributed by atoms with Gasteiger partial charge in [-0.1, -0.05) is 12.1 Å². The molecule has 3 N–H and O–H groups in total. The van der Waals surface area contributed by atoms with Crippen LogP contribution in [0, 0.1) is 5.82 Å². The fourth-order valence-corrected chi connectivity index (χ4v) is 2.55. The molecule has 18 heavy (non-hydrogen) atoms. The van der Waals surface area contributed by atoms with E-state index in [1.165, 1.54) is 18.1 Å². The molecule has 3 nitrogen and oxygen atoms in total. The molecule has 0 saturated heterocycles. The van der Waals surface area contributed by atoms with Crippen LogP contribution >= 0.6 is 11.3 Å². The van der Waals surface area contributed by atoms with Gasteiger partial charge in [-0.3, -0.25) is 11.3 Å². The van der Waals surface area contributed by atoms with Gasteiger partial charge in [0.25, 0.3) is 0 Å². The second kappa shape index (κ2) is 5.95. The number of methoxy groups -OCH3 is 1. The number of hydrogen-bond acceptors (Lipinski definition) is 4. The summed E-state index contributed by atoms with van der Waals surface area (Å²) < 4.78 is 18.5. The zero-order valence-corrected chi connectivity index (χ0v) is 10.8. The fourth-order valence-electron chi connectivity index (χ4n) is 1.80. The Morgan fingerprint density at radius 2 is 2.28 bits per heavy atom. The molecule has 1 aromatic heterocycles. The van der Waals surface area contributed by atoms with Gasteiger partial charge in [0.2, 0.25) is 0 Å². The molecule has 1 aromatic carbocycles. The Morgan fingerprint density at radius 3 is 2.83 bits per heavy atom. The van der Waals surface area contributed by atoms with Gasteiger partial charge in [0.1, 0.15) is 0 Å². The van der Waals surface area contributed by atoms with Crippen LogP contribution in [0.1, 0.15) is 16.5 Å². The van der Waals surface area contributed by atoms with Crippen LogP contribution in [0.5, 0.6) is 5.75 Å². The number of nitrogens with one attached hydrogen (secondary N) is 1. The summed E-state index contributed by atoms with van der Waals surface area (Å²) in [4.78, 5) is 1.20. The van der Waals surface area contributed by atoms with Crippen LogP contribution in [0.25, 0.3) is 0 Å². The summed E-state index contributed by atoms with van der Waals surface area (Å²) in [6.45, 7) is 0. The largest absolute Gasteiger partial charge is 0.494 e. The lowest BCUT2D eigenvalue weighted by Crippen LogP contribution is -2.29. The highest BCUT2D eigenvalue weighted by molar-refractivity contribution is 7.09. The zero-order chi connectivity index (χ0) is 13.0. The van der Waals surface area contributed by atoms with Gasteiger partial charge in [-0.05, 0) is 29.1 Å². The van der Waals surface area contributed by atoms with Crippen molar-refractivity contribution in [1.82, 2.24) is 5.43 Å². The number of ether oxygens (including phenoxy) is 1. The standard InChI is InChI=1S/C13H15FN2OS/c1-17-13-5-4-9(7-11(13)14)12(16-15)8-10-3-2-6-18-10/h2-7,12,16H,8,15H2,1H3. The minimum absolute atomic E-state index is 0.107. The molecular formula is C13H15FN2OS. The number of thiophene rings is 1. The maximum atomic E-state index is 13.6. The Bertz CT molecular complexity index is 502. The molecule has 0 amide bonds. The molecule has 0 bridgehead atoms. The van der Waals surface area contributed by atoms with Crippen molar-refractivity contribution in [1.29, 1.82) is 0 Å². The minimum atomic E-state index is -0.374. The van der Waals surface area contributed by atoms with E-state index in [-0.39, 0.29) is 17.6 Å². The van der Waals surface area contributed by atoms with Crippen LogP contribution < -0.4 is 16.0 Å². The summed E-state index contributed by atoms with van der Waals surface area (Å²) in [5, 5.41) is 2.01. The summed E-state index contributed by atoms with van der Waals surface area (Å²) >= 11 is 1.66. The molecule has 0 aliphatic rings. The highest BCUT2D eigenvalue weighted by Crippen LogP contribution is 2.25. The van der Waals surface area contributed by atoms with Gasteiger partial charge < -0.3 is 4.74 Å². The highest BCUT2D eigenvalue weighted by atomic mass is 32.1. The van der Waals surface area contributed by atoms with Crippen molar-refractivity contribution >= 4 is 11.3 Å². The van der Waals surface area contributed by atoms with Crippen molar-refractivity contribution in [3.05, 3.63) is 52.0 Å². The van der Waals surface area contributed by atoms with Gasteiger partial charge in [-0.25, -0.2) is 4.39 Å². The van der Waals surface area contributed by atoms with Crippen LogP contribution in [0.2, 0.25) is 0 Å². The zero-order valence-electron chi connectivity index (χ0n) is 10.0. The average Bonchev–Trinajstić information content (AvgIpc) is 2.88. The van der Waals surface area contributed by atoms with E-state index in [0.29, 0.717) is 0 Å². The van der Waals surface area contributed by atoms with Crippen LogP contribution in [-0.4, -0.2) is 7.11 Å². The van der Waals surface area contributed by atoms with Crippen molar-refractivity contribution in [2.75, 3.05) is 7.11 Å². The molecule has 2 rings (SSSR count). The first-order valence-electron chi connectivity index (χ1n) is 5.56. The number of rotatable bonds is 5. The third kappa shape index (κ3) is 2.87. The lowest BCUT2D eigenvalue weighted by molar-refractivity contribution is 0.385. The van der Waals surface area contributed by atoms with Gasteiger partial charge in [0, 0.05) is 11.3 Å². The van der Waals surface area contributed by atoms with Crippen molar-refractivity contribution in [2.24, 2.45) is 5.84 Å². The molecule has 1 unspecified atom stereocenters. The molecule has 5 heteroatoms. The first-order chi connectivity index (χ1) is 8.74. The number of halogens is 1. The third-order valence-corrected chi connectivity index (χ3v) is 3.66. The summed E-state index contributed by atoms with van der Waals surface area (Å²) in [5.41, 5.74) is 3.53. The summed E-state index contributed by atoms with van der Waals surface area (Å²) in [6, 6.07) is 8.81. The molecular weight excluding hydrogens is 251 g/mol. The first kappa shape index (κ1) is 13.0. The Kier molecular flexibility index (Phi) is 4.30. The van der Waals surface area contributed by atoms with Gasteiger partial charge in [-0.15, -0.1) is 11.3 Å². The van der Waals surface area contributed by atoms with Crippen molar-refractivity contribution in [2.45, 2.75) is 12.5 Å². The van der Waals surface area contributed by atoms with E-state index in [2.05, 4.69) is 5.43 Å². The van der Waals surface area contributed by atoms with Crippen molar-refractivity contribution in [3.8, 4) is 5.75 Å². The highest BCUT2D eigenvalue weighted by Gasteiger charge is 2.13. The molecule has 1 heterocycles. The number of hydrazine groups is 1. The number of nitrogens with two attached hydrogens (primary N) is 1. The van der Waals surface area contributed by atoms with Crippen LogP contribution in [0.15, 0.2) is 35.7 Å². The Labute approximate surface area is 109 Å². The predicted molar refractivity (Wildman–Crippen MR) is 71.0 cm³/mol. The lowest BCUT2D eigenvalue weighted by atomic mass is 10.0. The van der Waals surface area contributed by atoms with E-state index >= 15 is 0 Å².